The Balaban J connectivity index is 2.03. The van der Waals surface area contributed by atoms with E-state index >= 15 is 0 Å². The molecule has 0 unspecified atom stereocenters. The van der Waals surface area contributed by atoms with E-state index in [9.17, 15) is 23.6 Å². The van der Waals surface area contributed by atoms with Crippen LogP contribution in [-0.2, 0) is 23.9 Å². The molecule has 1 aromatic carbocycles. The quantitative estimate of drug-likeness (QED) is 0.585. The molecule has 2 heterocycles. The Hall–Kier alpha value is -3.10. The number of esters is 1. The van der Waals surface area contributed by atoms with Crippen molar-refractivity contribution >= 4 is 35.1 Å². The van der Waals surface area contributed by atoms with Gasteiger partial charge < -0.3 is 4.74 Å². The van der Waals surface area contributed by atoms with Gasteiger partial charge >= 0.3 is 5.97 Å². The van der Waals surface area contributed by atoms with Crippen molar-refractivity contribution in [2.75, 3.05) is 11.5 Å². The van der Waals surface area contributed by atoms with Crippen LogP contribution in [0.2, 0.25) is 0 Å². The van der Waals surface area contributed by atoms with Gasteiger partial charge in [0.1, 0.15) is 11.7 Å². The average molecular weight is 347 g/mol. The zero-order valence-electron chi connectivity index (χ0n) is 13.4. The Morgan fingerprint density at radius 3 is 2.40 bits per heavy atom. The van der Waals surface area contributed by atoms with E-state index in [0.717, 1.165) is 22.0 Å². The van der Waals surface area contributed by atoms with E-state index in [4.69, 9.17) is 4.74 Å². The second-order valence-corrected chi connectivity index (χ2v) is 5.48. The molecule has 1 aromatic rings. The van der Waals surface area contributed by atoms with Gasteiger partial charge in [0.15, 0.2) is 11.8 Å². The summed E-state index contributed by atoms with van der Waals surface area (Å²) < 4.78 is 18.0. The summed E-state index contributed by atoms with van der Waals surface area (Å²) in [5, 5.41) is 4.65. The van der Waals surface area contributed by atoms with Gasteiger partial charge in [-0.15, -0.1) is 0 Å². The lowest BCUT2D eigenvalue weighted by atomic mass is 9.98. The van der Waals surface area contributed by atoms with E-state index in [0.29, 0.717) is 0 Å². The number of rotatable bonds is 3. The fourth-order valence-electron chi connectivity index (χ4n) is 2.89. The predicted octanol–water partition coefficient (Wildman–Crippen LogP) is 0.465. The molecule has 0 bridgehead atoms. The molecule has 2 aliphatic heterocycles. The standard InChI is InChI=1S/C16H14FN3O5/c1-3-25-16(24)12-11-13(20(18-12)8(2)21)15(23)19(14(11)22)10-6-4-9(17)5-7-10/h4-7,11,13H,3H2,1-2H3/t11-,13+/m0/s1. The smallest absolute Gasteiger partial charge is 0.355 e. The number of imide groups is 1. The van der Waals surface area contributed by atoms with Crippen LogP contribution in [0.1, 0.15) is 13.8 Å². The van der Waals surface area contributed by atoms with Gasteiger partial charge in [0.25, 0.3) is 5.91 Å². The van der Waals surface area contributed by atoms with Crippen LogP contribution in [0.3, 0.4) is 0 Å². The van der Waals surface area contributed by atoms with E-state index in [1.165, 1.54) is 19.1 Å². The molecule has 0 N–H and O–H groups in total. The first-order valence-electron chi connectivity index (χ1n) is 7.55. The molecule has 1 fully saturated rings. The topological polar surface area (TPSA) is 96.3 Å². The van der Waals surface area contributed by atoms with Gasteiger partial charge in [0.05, 0.1) is 12.3 Å². The van der Waals surface area contributed by atoms with Crippen LogP contribution in [-0.4, -0.2) is 47.1 Å². The van der Waals surface area contributed by atoms with Crippen molar-refractivity contribution in [2.45, 2.75) is 19.9 Å². The number of fused-ring (bicyclic) bond motifs is 1. The van der Waals surface area contributed by atoms with E-state index in [1.807, 2.05) is 0 Å². The molecule has 3 amide bonds. The lowest BCUT2D eigenvalue weighted by Crippen LogP contribution is -2.41. The Kier molecular flexibility index (Phi) is 4.07. The zero-order chi connectivity index (χ0) is 18.3. The fourth-order valence-corrected chi connectivity index (χ4v) is 2.89. The fraction of sp³-hybridized carbons (Fsp3) is 0.312. The summed E-state index contributed by atoms with van der Waals surface area (Å²) in [7, 11) is 0. The van der Waals surface area contributed by atoms with Crippen LogP contribution in [0.5, 0.6) is 0 Å². The van der Waals surface area contributed by atoms with Gasteiger partial charge in [-0.25, -0.2) is 19.1 Å². The third-order valence-corrected chi connectivity index (χ3v) is 3.94. The lowest BCUT2D eigenvalue weighted by molar-refractivity contribution is -0.136. The van der Waals surface area contributed by atoms with Crippen molar-refractivity contribution < 1.29 is 28.3 Å². The minimum absolute atomic E-state index is 0.0547. The summed E-state index contributed by atoms with van der Waals surface area (Å²) in [6.45, 7) is 2.81. The summed E-state index contributed by atoms with van der Waals surface area (Å²) >= 11 is 0. The van der Waals surface area contributed by atoms with Gasteiger partial charge in [-0.1, -0.05) is 0 Å². The van der Waals surface area contributed by atoms with Crippen molar-refractivity contribution in [3.05, 3.63) is 30.1 Å². The van der Waals surface area contributed by atoms with Crippen molar-refractivity contribution in [2.24, 2.45) is 11.0 Å². The number of amides is 3. The molecule has 0 aromatic heterocycles. The molecule has 0 aliphatic carbocycles. The van der Waals surface area contributed by atoms with Gasteiger partial charge in [0, 0.05) is 6.92 Å². The second kappa shape index (κ2) is 6.08. The number of carbonyl (C=O) groups is 4. The highest BCUT2D eigenvalue weighted by Gasteiger charge is 2.59. The van der Waals surface area contributed by atoms with Gasteiger partial charge in [0.2, 0.25) is 11.8 Å². The maximum atomic E-state index is 13.1. The number of ether oxygens (including phenoxy) is 1. The van der Waals surface area contributed by atoms with Crippen LogP contribution in [0.15, 0.2) is 29.4 Å². The molecule has 25 heavy (non-hydrogen) atoms. The van der Waals surface area contributed by atoms with Crippen molar-refractivity contribution in [3.8, 4) is 0 Å². The molecule has 3 rings (SSSR count). The Morgan fingerprint density at radius 2 is 1.84 bits per heavy atom. The molecule has 0 spiro atoms. The van der Waals surface area contributed by atoms with Crippen molar-refractivity contribution in [1.82, 2.24) is 5.01 Å². The number of hydrogen-bond acceptors (Lipinski definition) is 6. The zero-order valence-corrected chi connectivity index (χ0v) is 13.4. The molecule has 8 nitrogen and oxygen atoms in total. The van der Waals surface area contributed by atoms with Crippen LogP contribution in [0, 0.1) is 11.7 Å². The Morgan fingerprint density at radius 1 is 1.20 bits per heavy atom. The highest BCUT2D eigenvalue weighted by Crippen LogP contribution is 2.35. The number of hydrazone groups is 1. The highest BCUT2D eigenvalue weighted by molar-refractivity contribution is 6.47. The van der Waals surface area contributed by atoms with Crippen LogP contribution in [0.25, 0.3) is 0 Å². The van der Waals surface area contributed by atoms with E-state index in [-0.39, 0.29) is 18.0 Å². The maximum absolute atomic E-state index is 13.1. The first-order valence-corrected chi connectivity index (χ1v) is 7.55. The monoisotopic (exact) mass is 347 g/mol. The molecule has 130 valence electrons. The first kappa shape index (κ1) is 16.7. The van der Waals surface area contributed by atoms with E-state index < -0.39 is 41.5 Å². The molecular formula is C16H14FN3O5. The lowest BCUT2D eigenvalue weighted by Gasteiger charge is -2.19. The summed E-state index contributed by atoms with van der Waals surface area (Å²) in [5.41, 5.74) is -0.137. The maximum Gasteiger partial charge on any atom is 0.355 e. The predicted molar refractivity (Wildman–Crippen MR) is 82.8 cm³/mol. The SMILES string of the molecule is CCOC(=O)C1=NN(C(C)=O)[C@H]2C(=O)N(c3ccc(F)cc3)C(=O)[C@@H]12. The Labute approximate surface area is 141 Å². The second-order valence-electron chi connectivity index (χ2n) is 5.48. The first-order chi connectivity index (χ1) is 11.9. The Bertz CT molecular complexity index is 804. The summed E-state index contributed by atoms with van der Waals surface area (Å²) in [4.78, 5) is 50.2. The number of hydrogen-bond donors (Lipinski definition) is 0. The average Bonchev–Trinajstić information content (AvgIpc) is 3.07. The number of anilines is 1. The largest absolute Gasteiger partial charge is 0.461 e. The van der Waals surface area contributed by atoms with Crippen molar-refractivity contribution in [1.29, 1.82) is 0 Å². The molecule has 1 saturated heterocycles. The molecule has 9 heteroatoms. The number of benzene rings is 1. The molecular weight excluding hydrogens is 333 g/mol. The van der Waals surface area contributed by atoms with Crippen molar-refractivity contribution in [3.63, 3.8) is 0 Å². The van der Waals surface area contributed by atoms with Crippen LogP contribution < -0.4 is 4.90 Å². The molecule has 0 radical (unpaired) electrons. The van der Waals surface area contributed by atoms with Gasteiger partial charge in [-0.3, -0.25) is 14.4 Å². The third kappa shape index (κ3) is 2.57. The summed E-state index contributed by atoms with van der Waals surface area (Å²) in [5.74, 6) is -4.63. The van der Waals surface area contributed by atoms with Gasteiger partial charge in [-0.05, 0) is 31.2 Å². The van der Waals surface area contributed by atoms with E-state index in [2.05, 4.69) is 5.10 Å². The summed E-state index contributed by atoms with van der Waals surface area (Å²) in [6.07, 6.45) is 0. The minimum atomic E-state index is -1.24. The molecule has 2 aliphatic rings. The van der Waals surface area contributed by atoms with E-state index in [1.54, 1.807) is 6.92 Å². The van der Waals surface area contributed by atoms with Crippen LogP contribution in [0.4, 0.5) is 10.1 Å². The summed E-state index contributed by atoms with van der Waals surface area (Å²) in [6, 6.07) is 3.51. The third-order valence-electron chi connectivity index (χ3n) is 3.94. The number of carbonyl (C=O) groups excluding carboxylic acids is 4. The highest BCUT2D eigenvalue weighted by atomic mass is 19.1. The van der Waals surface area contributed by atoms with Crippen LogP contribution >= 0.6 is 0 Å². The molecule has 0 saturated carbocycles. The molecule has 2 atom stereocenters. The number of halogens is 1. The minimum Gasteiger partial charge on any atom is -0.461 e. The number of nitrogens with zero attached hydrogens (tertiary/aromatic N) is 3. The normalized spacial score (nSPS) is 22.1. The van der Waals surface area contributed by atoms with Gasteiger partial charge in [-0.2, -0.15) is 5.10 Å².